The lowest BCUT2D eigenvalue weighted by Crippen LogP contribution is -1.87. The second kappa shape index (κ2) is 5.56. The third-order valence-corrected chi connectivity index (χ3v) is 5.89. The van der Waals surface area contributed by atoms with Crippen molar-refractivity contribution in [1.82, 2.24) is 0 Å². The minimum absolute atomic E-state index is 1.01. The van der Waals surface area contributed by atoms with Gasteiger partial charge in [-0.2, -0.15) is 0 Å². The molecule has 1 aliphatic carbocycles. The van der Waals surface area contributed by atoms with Crippen LogP contribution in [-0.4, -0.2) is 0 Å². The lowest BCUT2D eigenvalue weighted by Gasteiger charge is -2.12. The zero-order valence-electron chi connectivity index (χ0n) is 14.9. The van der Waals surface area contributed by atoms with E-state index in [-0.39, 0.29) is 0 Å². The first-order chi connectivity index (χ1) is 13.4. The van der Waals surface area contributed by atoms with Crippen molar-refractivity contribution in [3.05, 3.63) is 108 Å². The molecule has 126 valence electrons. The predicted octanol–water partition coefficient (Wildman–Crippen LogP) is 7.23. The van der Waals surface area contributed by atoms with Gasteiger partial charge in [0.1, 0.15) is 0 Å². The Hall–Kier alpha value is -3.38. The molecule has 0 heterocycles. The zero-order chi connectivity index (χ0) is 17.8. The average Bonchev–Trinajstić information content (AvgIpc) is 3.14. The summed E-state index contributed by atoms with van der Waals surface area (Å²) < 4.78 is 0. The van der Waals surface area contributed by atoms with Crippen molar-refractivity contribution in [3.63, 3.8) is 0 Å². The summed E-state index contributed by atoms with van der Waals surface area (Å²) in [5.41, 5.74) is 8.32. The summed E-state index contributed by atoms with van der Waals surface area (Å²) in [4.78, 5) is 0. The molecule has 0 spiro atoms. The topological polar surface area (TPSA) is 0 Å². The Balaban J connectivity index is 1.66. The third kappa shape index (κ3) is 2.10. The van der Waals surface area contributed by atoms with E-state index < -0.39 is 0 Å². The van der Waals surface area contributed by atoms with E-state index in [1.165, 1.54) is 54.9 Å². The maximum atomic E-state index is 2.38. The van der Waals surface area contributed by atoms with Crippen LogP contribution in [0.3, 0.4) is 0 Å². The molecule has 0 saturated carbocycles. The fraction of sp³-hybridized carbons (Fsp3) is 0.0370. The molecule has 27 heavy (non-hydrogen) atoms. The van der Waals surface area contributed by atoms with Crippen LogP contribution in [0.25, 0.3) is 43.8 Å². The predicted molar refractivity (Wildman–Crippen MR) is 115 cm³/mol. The van der Waals surface area contributed by atoms with Gasteiger partial charge in [-0.15, -0.1) is 0 Å². The summed E-state index contributed by atoms with van der Waals surface area (Å²) in [6.45, 7) is 0. The summed E-state index contributed by atoms with van der Waals surface area (Å²) >= 11 is 0. The van der Waals surface area contributed by atoms with Gasteiger partial charge < -0.3 is 0 Å². The van der Waals surface area contributed by atoms with E-state index in [1.807, 2.05) is 0 Å². The molecular weight excluding hydrogens is 324 g/mol. The van der Waals surface area contributed by atoms with Crippen molar-refractivity contribution >= 4 is 21.5 Å². The molecule has 0 radical (unpaired) electrons. The number of rotatable bonds is 1. The normalized spacial score (nSPS) is 12.3. The van der Waals surface area contributed by atoms with E-state index in [0.29, 0.717) is 0 Å². The van der Waals surface area contributed by atoms with Gasteiger partial charge >= 0.3 is 0 Å². The molecule has 0 bridgehead atoms. The summed E-state index contributed by atoms with van der Waals surface area (Å²) in [5.74, 6) is 0. The largest absolute Gasteiger partial charge is 0.0622 e. The van der Waals surface area contributed by atoms with Gasteiger partial charge in [-0.25, -0.2) is 0 Å². The molecule has 0 aliphatic heterocycles. The second-order valence-electron chi connectivity index (χ2n) is 7.36. The van der Waals surface area contributed by atoms with E-state index in [1.54, 1.807) is 0 Å². The Labute approximate surface area is 158 Å². The van der Waals surface area contributed by atoms with Crippen LogP contribution >= 0.6 is 0 Å². The van der Waals surface area contributed by atoms with Crippen LogP contribution in [0.5, 0.6) is 0 Å². The molecule has 0 saturated heterocycles. The summed E-state index contributed by atoms with van der Waals surface area (Å²) in [5, 5.41) is 5.48. The summed E-state index contributed by atoms with van der Waals surface area (Å²) in [6.07, 6.45) is 1.01. The molecule has 0 nitrogen and oxygen atoms in total. The smallest absolute Gasteiger partial charge is 0.000683 e. The number of hydrogen-bond donors (Lipinski definition) is 0. The van der Waals surface area contributed by atoms with Crippen LogP contribution in [0, 0.1) is 0 Å². The van der Waals surface area contributed by atoms with Crippen LogP contribution in [0.2, 0.25) is 0 Å². The van der Waals surface area contributed by atoms with Gasteiger partial charge in [0.15, 0.2) is 0 Å². The molecule has 0 atom stereocenters. The molecule has 5 aromatic carbocycles. The highest BCUT2D eigenvalue weighted by atomic mass is 14.3. The highest BCUT2D eigenvalue weighted by Crippen LogP contribution is 2.46. The van der Waals surface area contributed by atoms with Gasteiger partial charge in [0.25, 0.3) is 0 Å². The molecule has 0 fully saturated rings. The number of fused-ring (bicyclic) bond motifs is 8. The molecule has 5 aromatic rings. The number of hydrogen-bond acceptors (Lipinski definition) is 0. The Morgan fingerprint density at radius 1 is 0.481 bits per heavy atom. The van der Waals surface area contributed by atoms with E-state index in [0.717, 1.165) is 6.42 Å². The first-order valence-corrected chi connectivity index (χ1v) is 9.51. The van der Waals surface area contributed by atoms with Crippen molar-refractivity contribution in [2.24, 2.45) is 0 Å². The minimum Gasteiger partial charge on any atom is -0.0622 e. The Morgan fingerprint density at radius 2 is 1.11 bits per heavy atom. The molecule has 0 aromatic heterocycles. The zero-order valence-corrected chi connectivity index (χ0v) is 14.9. The average molecular weight is 342 g/mol. The minimum atomic E-state index is 1.01. The van der Waals surface area contributed by atoms with Gasteiger partial charge in [0.05, 0.1) is 0 Å². The van der Waals surface area contributed by atoms with Crippen LogP contribution in [0.4, 0.5) is 0 Å². The van der Waals surface area contributed by atoms with Crippen LogP contribution < -0.4 is 0 Å². The lowest BCUT2D eigenvalue weighted by atomic mass is 9.91. The van der Waals surface area contributed by atoms with Crippen molar-refractivity contribution in [3.8, 4) is 22.3 Å². The van der Waals surface area contributed by atoms with Gasteiger partial charge in [-0.1, -0.05) is 97.1 Å². The Kier molecular flexibility index (Phi) is 3.04. The van der Waals surface area contributed by atoms with Gasteiger partial charge in [-0.3, -0.25) is 0 Å². The van der Waals surface area contributed by atoms with Gasteiger partial charge in [0.2, 0.25) is 0 Å². The van der Waals surface area contributed by atoms with Crippen molar-refractivity contribution in [2.45, 2.75) is 6.42 Å². The fourth-order valence-electron chi connectivity index (χ4n) is 4.69. The maximum Gasteiger partial charge on any atom is -0.000683 e. The quantitative estimate of drug-likeness (QED) is 0.276. The highest BCUT2D eigenvalue weighted by molar-refractivity contribution is 6.17. The number of benzene rings is 5. The van der Waals surface area contributed by atoms with Crippen molar-refractivity contribution in [1.29, 1.82) is 0 Å². The SMILES string of the molecule is c1ccc(-c2ccc3c(c2)Cc2c-3c3ccccc3c3ccccc23)cc1. The maximum absolute atomic E-state index is 2.38. The first kappa shape index (κ1) is 14.8. The van der Waals surface area contributed by atoms with Gasteiger partial charge in [-0.05, 0) is 61.3 Å². The van der Waals surface area contributed by atoms with E-state index in [9.17, 15) is 0 Å². The Morgan fingerprint density at radius 3 is 1.89 bits per heavy atom. The summed E-state index contributed by atoms with van der Waals surface area (Å²) in [7, 11) is 0. The van der Waals surface area contributed by atoms with Gasteiger partial charge in [0, 0.05) is 0 Å². The lowest BCUT2D eigenvalue weighted by molar-refractivity contribution is 1.29. The van der Waals surface area contributed by atoms with E-state index in [4.69, 9.17) is 0 Å². The fourth-order valence-corrected chi connectivity index (χ4v) is 4.69. The summed E-state index contributed by atoms with van der Waals surface area (Å²) in [6, 6.07) is 35.4. The van der Waals surface area contributed by atoms with E-state index in [2.05, 4.69) is 97.1 Å². The van der Waals surface area contributed by atoms with Crippen LogP contribution in [0.1, 0.15) is 11.1 Å². The van der Waals surface area contributed by atoms with Crippen molar-refractivity contribution in [2.75, 3.05) is 0 Å². The first-order valence-electron chi connectivity index (χ1n) is 9.51. The van der Waals surface area contributed by atoms with Crippen LogP contribution in [-0.2, 0) is 6.42 Å². The van der Waals surface area contributed by atoms with E-state index >= 15 is 0 Å². The highest BCUT2D eigenvalue weighted by Gasteiger charge is 2.24. The van der Waals surface area contributed by atoms with Crippen LogP contribution in [0.15, 0.2) is 97.1 Å². The Bertz CT molecular complexity index is 1330. The monoisotopic (exact) mass is 342 g/mol. The molecule has 0 heteroatoms. The van der Waals surface area contributed by atoms with Crippen molar-refractivity contribution < 1.29 is 0 Å². The molecule has 0 unspecified atom stereocenters. The molecule has 0 amide bonds. The second-order valence-corrected chi connectivity index (χ2v) is 7.36. The third-order valence-electron chi connectivity index (χ3n) is 5.89. The molecule has 1 aliphatic rings. The molecule has 0 N–H and O–H groups in total. The molecule has 6 rings (SSSR count). The molecular formula is C27H18. The standard InChI is InChI=1S/C27H18/c1-2-8-18(9-3-1)19-14-15-21-20(16-19)17-26-24-12-5-4-10-22(24)23-11-6-7-13-25(23)27(21)26/h1-16H,17H2.